The molecule has 3 heterocycles. The summed E-state index contributed by atoms with van der Waals surface area (Å²) < 4.78 is 22.9. The molecule has 0 radical (unpaired) electrons. The van der Waals surface area contributed by atoms with Gasteiger partial charge in [0.15, 0.2) is 12.0 Å². The van der Waals surface area contributed by atoms with Crippen LogP contribution < -0.4 is 10.6 Å². The summed E-state index contributed by atoms with van der Waals surface area (Å²) in [5.74, 6) is 4.59. The van der Waals surface area contributed by atoms with Crippen LogP contribution in [0.25, 0.3) is 11.0 Å². The highest BCUT2D eigenvalue weighted by atomic mass is 19.1. The van der Waals surface area contributed by atoms with Crippen LogP contribution in [0.1, 0.15) is 57.9 Å². The van der Waals surface area contributed by atoms with E-state index in [1.54, 1.807) is 17.2 Å². The van der Waals surface area contributed by atoms with Gasteiger partial charge in [0, 0.05) is 24.8 Å². The lowest BCUT2D eigenvalue weighted by molar-refractivity contribution is 0.124. The zero-order chi connectivity index (χ0) is 25.9. The van der Waals surface area contributed by atoms with Crippen LogP contribution >= 0.6 is 0 Å². The van der Waals surface area contributed by atoms with Crippen molar-refractivity contribution in [3.8, 4) is 11.9 Å². The van der Waals surface area contributed by atoms with Gasteiger partial charge < -0.3 is 15.5 Å². The summed E-state index contributed by atoms with van der Waals surface area (Å²) in [7, 11) is 0. The average molecular weight is 491 g/mol. The maximum absolute atomic E-state index is 15.1. The molecule has 0 aliphatic carbocycles. The van der Waals surface area contributed by atoms with Crippen LogP contribution in [0.15, 0.2) is 52.9 Å². The molecule has 0 amide bonds. The van der Waals surface area contributed by atoms with Gasteiger partial charge >= 0.3 is 0 Å². The first-order valence-corrected chi connectivity index (χ1v) is 12.0. The Kier molecular flexibility index (Phi) is 7.20. The quantitative estimate of drug-likeness (QED) is 0.228. The van der Waals surface area contributed by atoms with Gasteiger partial charge in [-0.15, -0.1) is 0 Å². The number of nitrogens with zero attached hydrogens (tertiary/aromatic N) is 7. The molecule has 2 aromatic heterocycles. The van der Waals surface area contributed by atoms with Crippen molar-refractivity contribution in [1.82, 2.24) is 19.4 Å². The molecule has 1 aliphatic rings. The lowest BCUT2D eigenvalue weighted by Crippen LogP contribution is -2.32. The third kappa shape index (κ3) is 5.30. The van der Waals surface area contributed by atoms with Gasteiger partial charge in [-0.05, 0) is 64.8 Å². The molecule has 1 unspecified atom stereocenters. The number of ether oxygens (including phenoxy) is 1. The molecule has 2 N–H and O–H groups in total. The van der Waals surface area contributed by atoms with E-state index in [9.17, 15) is 0 Å². The first-order chi connectivity index (χ1) is 17.2. The molecular weight excluding hydrogens is 459 g/mol. The number of rotatable bonds is 7. The summed E-state index contributed by atoms with van der Waals surface area (Å²) in [6, 6.07) is 9.31. The number of hydrogen-bond donors (Lipinski definition) is 1. The normalized spacial score (nSPS) is 16.7. The molecule has 36 heavy (non-hydrogen) atoms. The van der Waals surface area contributed by atoms with Crippen molar-refractivity contribution >= 4 is 22.5 Å². The predicted octanol–water partition coefficient (Wildman–Crippen LogP) is 4.30. The molecule has 1 atom stereocenters. The van der Waals surface area contributed by atoms with Gasteiger partial charge in [-0.3, -0.25) is 14.5 Å². The fourth-order valence-corrected chi connectivity index (χ4v) is 4.42. The SMILES string of the molecule is CC(=NC1CCN(C#N)CC1)/C(=N\N)c1cc(OC(C)c2ccccn2)c2c(c1)ncn2C(C)(C)F. The van der Waals surface area contributed by atoms with E-state index >= 15 is 4.39 Å². The topological polar surface area (TPSA) is 118 Å². The van der Waals surface area contributed by atoms with E-state index in [4.69, 9.17) is 20.8 Å². The van der Waals surface area contributed by atoms with Gasteiger partial charge in [0.1, 0.15) is 23.1 Å². The van der Waals surface area contributed by atoms with Crippen LogP contribution in [0.4, 0.5) is 4.39 Å². The van der Waals surface area contributed by atoms with Crippen molar-refractivity contribution < 1.29 is 9.13 Å². The number of nitrogens with two attached hydrogens (primary N) is 1. The summed E-state index contributed by atoms with van der Waals surface area (Å²) >= 11 is 0. The molecule has 0 spiro atoms. The molecule has 1 aliphatic heterocycles. The molecule has 1 fully saturated rings. The Morgan fingerprint density at radius 3 is 2.64 bits per heavy atom. The lowest BCUT2D eigenvalue weighted by Gasteiger charge is -2.26. The molecule has 0 bridgehead atoms. The Hall–Kier alpha value is -4.00. The lowest BCUT2D eigenvalue weighted by atomic mass is 10.0. The molecule has 1 saturated heterocycles. The van der Waals surface area contributed by atoms with Crippen molar-refractivity contribution in [1.29, 1.82) is 5.26 Å². The van der Waals surface area contributed by atoms with E-state index in [2.05, 4.69) is 21.3 Å². The number of benzene rings is 1. The summed E-state index contributed by atoms with van der Waals surface area (Å²) in [6.45, 7) is 8.05. The van der Waals surface area contributed by atoms with Crippen LogP contribution in [0, 0.1) is 11.5 Å². The van der Waals surface area contributed by atoms with Crippen molar-refractivity contribution in [2.24, 2.45) is 15.9 Å². The molecule has 0 saturated carbocycles. The minimum Gasteiger partial charge on any atom is -0.482 e. The highest BCUT2D eigenvalue weighted by Crippen LogP contribution is 2.34. The fraction of sp³-hybridized carbons (Fsp3) is 0.423. The molecule has 4 rings (SSSR count). The van der Waals surface area contributed by atoms with Crippen LogP contribution in [-0.4, -0.2) is 50.0 Å². The first kappa shape index (κ1) is 25.1. The number of hydrazone groups is 1. The van der Waals surface area contributed by atoms with E-state index in [1.807, 2.05) is 38.1 Å². The van der Waals surface area contributed by atoms with Crippen LogP contribution in [-0.2, 0) is 5.79 Å². The van der Waals surface area contributed by atoms with E-state index < -0.39 is 11.9 Å². The molecular formula is C26H31FN8O. The van der Waals surface area contributed by atoms with E-state index in [0.29, 0.717) is 46.9 Å². The number of aromatic nitrogens is 3. The molecule has 1 aromatic carbocycles. The van der Waals surface area contributed by atoms with E-state index in [-0.39, 0.29) is 6.04 Å². The second-order valence-electron chi connectivity index (χ2n) is 9.39. The number of pyridine rings is 1. The number of halogens is 1. The minimum absolute atomic E-state index is 0.0847. The van der Waals surface area contributed by atoms with Crippen molar-refractivity contribution in [2.75, 3.05) is 13.1 Å². The predicted molar refractivity (Wildman–Crippen MR) is 137 cm³/mol. The van der Waals surface area contributed by atoms with Crippen molar-refractivity contribution in [3.05, 3.63) is 54.1 Å². The zero-order valence-corrected chi connectivity index (χ0v) is 21.0. The Morgan fingerprint density at radius 1 is 1.28 bits per heavy atom. The number of nitriles is 1. The number of piperidine rings is 1. The van der Waals surface area contributed by atoms with Crippen LogP contribution in [0.5, 0.6) is 5.75 Å². The third-order valence-electron chi connectivity index (χ3n) is 6.32. The molecule has 188 valence electrons. The Morgan fingerprint density at radius 2 is 2.03 bits per heavy atom. The second kappa shape index (κ2) is 10.3. The number of hydrogen-bond acceptors (Lipinski definition) is 8. The smallest absolute Gasteiger partial charge is 0.182 e. The second-order valence-corrected chi connectivity index (χ2v) is 9.39. The largest absolute Gasteiger partial charge is 0.482 e. The molecule has 3 aromatic rings. The van der Waals surface area contributed by atoms with Gasteiger partial charge in [-0.1, -0.05) is 6.07 Å². The number of alkyl halides is 1. The van der Waals surface area contributed by atoms with Gasteiger partial charge in [-0.25, -0.2) is 9.37 Å². The van der Waals surface area contributed by atoms with E-state index in [1.165, 1.54) is 24.7 Å². The summed E-state index contributed by atoms with van der Waals surface area (Å²) in [5.41, 5.74) is 3.69. The number of likely N-dealkylation sites (tertiary alicyclic amines) is 1. The molecule has 9 nitrogen and oxygen atoms in total. The van der Waals surface area contributed by atoms with Crippen molar-refractivity contribution in [3.63, 3.8) is 0 Å². The monoisotopic (exact) mass is 490 g/mol. The molecule has 10 heteroatoms. The maximum Gasteiger partial charge on any atom is 0.182 e. The fourth-order valence-electron chi connectivity index (χ4n) is 4.42. The Labute approximate surface area is 210 Å². The van der Waals surface area contributed by atoms with Gasteiger partial charge in [0.05, 0.1) is 29.3 Å². The minimum atomic E-state index is -1.69. The summed E-state index contributed by atoms with van der Waals surface area (Å²) in [4.78, 5) is 15.4. The number of fused-ring (bicyclic) bond motifs is 1. The first-order valence-electron chi connectivity index (χ1n) is 12.0. The van der Waals surface area contributed by atoms with Gasteiger partial charge in [0.25, 0.3) is 0 Å². The van der Waals surface area contributed by atoms with Gasteiger partial charge in [-0.2, -0.15) is 10.4 Å². The van der Waals surface area contributed by atoms with Crippen molar-refractivity contribution in [2.45, 2.75) is 58.5 Å². The number of imidazole rings is 1. The zero-order valence-electron chi connectivity index (χ0n) is 21.0. The Bertz CT molecular complexity index is 1310. The van der Waals surface area contributed by atoms with Crippen LogP contribution in [0.3, 0.4) is 0 Å². The summed E-state index contributed by atoms with van der Waals surface area (Å²) in [6.07, 6.45) is 6.54. The Balaban J connectivity index is 1.73. The average Bonchev–Trinajstić information content (AvgIpc) is 3.31. The highest BCUT2D eigenvalue weighted by molar-refractivity contribution is 6.47. The van der Waals surface area contributed by atoms with E-state index in [0.717, 1.165) is 18.5 Å². The number of aliphatic imine (C=N–C) groups is 1. The van der Waals surface area contributed by atoms with Gasteiger partial charge in [0.2, 0.25) is 0 Å². The van der Waals surface area contributed by atoms with Crippen LogP contribution in [0.2, 0.25) is 0 Å². The highest BCUT2D eigenvalue weighted by Gasteiger charge is 2.26. The maximum atomic E-state index is 15.1. The summed E-state index contributed by atoms with van der Waals surface area (Å²) in [5, 5.41) is 13.1. The standard InChI is InChI=1S/C26H31FN8O/c1-17(32-20-8-11-34(15-28)12-9-20)24(33-29)19-13-22-25(35(16-31-22)26(3,4)27)23(14-19)36-18(2)21-7-5-6-10-30-21/h5-7,10,13-14,16,18,20H,8-9,11-12,29H2,1-4H3/b32-17?,33-24+. The third-order valence-corrected chi connectivity index (χ3v) is 6.32.